The van der Waals surface area contributed by atoms with Gasteiger partial charge < -0.3 is 10.4 Å². The van der Waals surface area contributed by atoms with Crippen molar-refractivity contribution in [1.82, 2.24) is 5.32 Å². The number of carbonyl (C=O) groups is 3. The molecule has 0 bridgehead atoms. The summed E-state index contributed by atoms with van der Waals surface area (Å²) in [5, 5.41) is 11.7. The van der Waals surface area contributed by atoms with Gasteiger partial charge in [-0.1, -0.05) is 23.8 Å². The van der Waals surface area contributed by atoms with Crippen LogP contribution < -0.4 is 10.2 Å². The van der Waals surface area contributed by atoms with Gasteiger partial charge in [0, 0.05) is 6.21 Å². The van der Waals surface area contributed by atoms with Crippen molar-refractivity contribution >= 4 is 52.7 Å². The van der Waals surface area contributed by atoms with E-state index in [0.29, 0.717) is 16.9 Å². The van der Waals surface area contributed by atoms with Crippen LogP contribution in [0.25, 0.3) is 0 Å². The molecule has 1 atom stereocenters. The van der Waals surface area contributed by atoms with E-state index in [1.165, 1.54) is 17.2 Å². The summed E-state index contributed by atoms with van der Waals surface area (Å²) in [6.45, 7) is 3.54. The highest BCUT2D eigenvalue weighted by Crippen LogP contribution is 2.24. The molecule has 2 amide bonds. The predicted molar refractivity (Wildman–Crippen MR) is 109 cm³/mol. The van der Waals surface area contributed by atoms with E-state index < -0.39 is 23.7 Å². The summed E-state index contributed by atoms with van der Waals surface area (Å²) in [5.41, 5.74) is 2.49. The van der Waals surface area contributed by atoms with Gasteiger partial charge in [-0.2, -0.15) is 0 Å². The fourth-order valence-electron chi connectivity index (χ4n) is 2.81. The van der Waals surface area contributed by atoms with Crippen molar-refractivity contribution in [3.63, 3.8) is 0 Å². The number of nitrogens with one attached hydrogen (secondary N) is 1. The lowest BCUT2D eigenvalue weighted by Gasteiger charge is -2.31. The van der Waals surface area contributed by atoms with Crippen LogP contribution in [-0.2, 0) is 9.59 Å². The van der Waals surface area contributed by atoms with E-state index in [1.807, 2.05) is 19.1 Å². The van der Waals surface area contributed by atoms with Crippen LogP contribution in [0.4, 0.5) is 11.4 Å². The standard InChI is InChI=1S/C20H17N3O4S/c1-11-6-8-13(9-7-11)23-18(25)15(17(24)22-20(23)28)10-21-16-5-3-4-14(12(16)2)19(26)27/h3-10,15H,1-2H3,(H,26,27)(H,22,24,28)/t15-/m0/s1. The summed E-state index contributed by atoms with van der Waals surface area (Å²) in [5.74, 6) is -3.35. The Kier molecular flexibility index (Phi) is 5.32. The molecule has 0 radical (unpaired) electrons. The second-order valence-corrected chi connectivity index (χ2v) is 6.70. The molecule has 1 aliphatic rings. The Labute approximate surface area is 166 Å². The highest BCUT2D eigenvalue weighted by molar-refractivity contribution is 7.80. The first-order valence-corrected chi connectivity index (χ1v) is 8.83. The molecule has 2 N–H and O–H groups in total. The Hall–Kier alpha value is -3.39. The molecular formula is C20H17N3O4S. The van der Waals surface area contributed by atoms with Gasteiger partial charge >= 0.3 is 5.97 Å². The lowest BCUT2D eigenvalue weighted by molar-refractivity contribution is -0.130. The van der Waals surface area contributed by atoms with Gasteiger partial charge in [0.25, 0.3) is 5.91 Å². The monoisotopic (exact) mass is 395 g/mol. The molecular weight excluding hydrogens is 378 g/mol. The normalized spacial score (nSPS) is 17.1. The smallest absolute Gasteiger partial charge is 0.336 e. The molecule has 0 aliphatic carbocycles. The Bertz CT molecular complexity index is 1010. The molecule has 1 aliphatic heterocycles. The van der Waals surface area contributed by atoms with E-state index in [0.717, 1.165) is 5.56 Å². The molecule has 7 nitrogen and oxygen atoms in total. The van der Waals surface area contributed by atoms with Crippen LogP contribution in [-0.4, -0.2) is 34.2 Å². The van der Waals surface area contributed by atoms with E-state index in [4.69, 9.17) is 12.2 Å². The maximum atomic E-state index is 12.9. The summed E-state index contributed by atoms with van der Waals surface area (Å²) < 4.78 is 0. The number of rotatable bonds is 4. The maximum absolute atomic E-state index is 12.9. The van der Waals surface area contributed by atoms with Crippen LogP contribution in [0.2, 0.25) is 0 Å². The van der Waals surface area contributed by atoms with Gasteiger partial charge in [-0.15, -0.1) is 0 Å². The number of benzene rings is 2. The van der Waals surface area contributed by atoms with Crippen molar-refractivity contribution in [2.45, 2.75) is 13.8 Å². The zero-order valence-corrected chi connectivity index (χ0v) is 16.0. The summed E-state index contributed by atoms with van der Waals surface area (Å²) >= 11 is 5.16. The second-order valence-electron chi connectivity index (χ2n) is 6.31. The van der Waals surface area contributed by atoms with Crippen molar-refractivity contribution in [1.29, 1.82) is 0 Å². The number of aromatic carboxylic acids is 1. The molecule has 1 saturated heterocycles. The van der Waals surface area contributed by atoms with Crippen LogP contribution in [0.5, 0.6) is 0 Å². The fraction of sp³-hybridized carbons (Fsp3) is 0.150. The quantitative estimate of drug-likeness (QED) is 0.471. The van der Waals surface area contributed by atoms with Crippen LogP contribution in [0.15, 0.2) is 47.5 Å². The number of anilines is 1. The molecule has 1 heterocycles. The number of carbonyl (C=O) groups excluding carboxylic acids is 2. The van der Waals surface area contributed by atoms with Crippen LogP contribution in [0.3, 0.4) is 0 Å². The number of carboxylic acid groups (broad SMARTS) is 1. The molecule has 28 heavy (non-hydrogen) atoms. The fourth-order valence-corrected chi connectivity index (χ4v) is 3.11. The third-order valence-corrected chi connectivity index (χ3v) is 4.68. The number of aliphatic imine (C=N–C) groups is 1. The number of thiocarbonyl (C=S) groups is 1. The van der Waals surface area contributed by atoms with Crippen molar-refractivity contribution in [2.24, 2.45) is 10.9 Å². The summed E-state index contributed by atoms with van der Waals surface area (Å²) in [6.07, 6.45) is 1.22. The molecule has 0 unspecified atom stereocenters. The number of hydrogen-bond acceptors (Lipinski definition) is 5. The zero-order valence-electron chi connectivity index (χ0n) is 15.2. The minimum absolute atomic E-state index is 0.00700. The van der Waals surface area contributed by atoms with Gasteiger partial charge in [0.1, 0.15) is 0 Å². The Balaban J connectivity index is 1.92. The SMILES string of the molecule is Cc1ccc(N2C(=O)[C@@H](C=Nc3cccc(C(=O)O)c3C)C(=O)NC2=S)cc1. The molecule has 2 aromatic carbocycles. The number of carboxylic acids is 1. The molecule has 0 saturated carbocycles. The number of nitrogens with zero attached hydrogens (tertiary/aromatic N) is 2. The number of amides is 2. The van der Waals surface area contributed by atoms with E-state index in [2.05, 4.69) is 10.3 Å². The minimum atomic E-state index is -1.18. The van der Waals surface area contributed by atoms with Crippen LogP contribution >= 0.6 is 12.2 Å². The van der Waals surface area contributed by atoms with E-state index in [1.54, 1.807) is 31.2 Å². The first kappa shape index (κ1) is 19.4. The van der Waals surface area contributed by atoms with Gasteiger partial charge in [0.15, 0.2) is 11.0 Å². The molecule has 1 fully saturated rings. The largest absolute Gasteiger partial charge is 0.478 e. The van der Waals surface area contributed by atoms with Gasteiger partial charge in [0.05, 0.1) is 16.9 Å². The first-order valence-electron chi connectivity index (χ1n) is 8.42. The molecule has 2 aromatic rings. The predicted octanol–water partition coefficient (Wildman–Crippen LogP) is 2.77. The summed E-state index contributed by atoms with van der Waals surface area (Å²) in [4.78, 5) is 41.9. The molecule has 3 rings (SSSR count). The molecule has 0 spiro atoms. The molecule has 0 aromatic heterocycles. The molecule has 8 heteroatoms. The minimum Gasteiger partial charge on any atom is -0.478 e. The number of hydrogen-bond donors (Lipinski definition) is 2. The Morgan fingerprint density at radius 2 is 1.86 bits per heavy atom. The average Bonchev–Trinajstić information content (AvgIpc) is 2.63. The van der Waals surface area contributed by atoms with Gasteiger partial charge in [0.2, 0.25) is 5.91 Å². The third-order valence-electron chi connectivity index (χ3n) is 4.39. The van der Waals surface area contributed by atoms with Crippen molar-refractivity contribution < 1.29 is 19.5 Å². The lowest BCUT2D eigenvalue weighted by Crippen LogP contribution is -2.58. The second kappa shape index (κ2) is 7.69. The van der Waals surface area contributed by atoms with Gasteiger partial charge in [-0.25, -0.2) is 4.79 Å². The number of aryl methyl sites for hydroxylation is 1. The van der Waals surface area contributed by atoms with Crippen LogP contribution in [0, 0.1) is 19.8 Å². The maximum Gasteiger partial charge on any atom is 0.336 e. The zero-order chi connectivity index (χ0) is 20.4. The first-order chi connectivity index (χ1) is 13.3. The van der Waals surface area contributed by atoms with Gasteiger partial charge in [-0.05, 0) is 55.9 Å². The third kappa shape index (κ3) is 3.67. The topological polar surface area (TPSA) is 99.1 Å². The van der Waals surface area contributed by atoms with E-state index in [9.17, 15) is 19.5 Å². The Morgan fingerprint density at radius 3 is 2.50 bits per heavy atom. The van der Waals surface area contributed by atoms with Crippen molar-refractivity contribution in [2.75, 3.05) is 4.90 Å². The highest BCUT2D eigenvalue weighted by Gasteiger charge is 2.38. The van der Waals surface area contributed by atoms with Crippen LogP contribution in [0.1, 0.15) is 21.5 Å². The summed E-state index contributed by atoms with van der Waals surface area (Å²) in [6, 6.07) is 11.8. The van der Waals surface area contributed by atoms with Crippen molar-refractivity contribution in [3.8, 4) is 0 Å². The van der Waals surface area contributed by atoms with Crippen molar-refractivity contribution in [3.05, 3.63) is 59.2 Å². The average molecular weight is 395 g/mol. The highest BCUT2D eigenvalue weighted by atomic mass is 32.1. The lowest BCUT2D eigenvalue weighted by atomic mass is 10.0. The molecule has 142 valence electrons. The van der Waals surface area contributed by atoms with E-state index in [-0.39, 0.29) is 10.7 Å². The van der Waals surface area contributed by atoms with E-state index >= 15 is 0 Å². The van der Waals surface area contributed by atoms with Gasteiger partial charge in [-0.3, -0.25) is 19.5 Å². The summed E-state index contributed by atoms with van der Waals surface area (Å²) in [7, 11) is 0. The Morgan fingerprint density at radius 1 is 1.18 bits per heavy atom.